The summed E-state index contributed by atoms with van der Waals surface area (Å²) in [5.74, 6) is -0.918. The molecule has 0 rings (SSSR count). The fourth-order valence-corrected chi connectivity index (χ4v) is 7.21. The summed E-state index contributed by atoms with van der Waals surface area (Å²) in [4.78, 5) is 0. The van der Waals surface area contributed by atoms with Crippen LogP contribution in [0.25, 0.3) is 0 Å². The van der Waals surface area contributed by atoms with E-state index in [0.29, 0.717) is 23.7 Å². The minimum absolute atomic E-state index is 0.0805. The number of hydrogen-bond donors (Lipinski definition) is 0. The number of nitrogens with zero attached hydrogens (tertiary/aromatic N) is 1. The second-order valence-electron chi connectivity index (χ2n) is 11.3. The number of thioether (sulfide) groups is 1. The Balaban J connectivity index is 4.65. The molecule has 39 heavy (non-hydrogen) atoms. The average Bonchev–Trinajstić information content (AvgIpc) is 2.94. The van der Waals surface area contributed by atoms with E-state index in [2.05, 4.69) is 19.2 Å². The maximum absolute atomic E-state index is 9.68. The number of rotatable bonds is 31. The zero-order chi connectivity index (χ0) is 28.9. The van der Waals surface area contributed by atoms with E-state index in [0.717, 1.165) is 25.7 Å². The molecule has 0 aromatic carbocycles. The summed E-state index contributed by atoms with van der Waals surface area (Å²) < 4.78 is 18.6. The molecule has 2 atom stereocenters. The lowest BCUT2D eigenvalue weighted by Gasteiger charge is -2.41. The van der Waals surface area contributed by atoms with Crippen LogP contribution in [0.1, 0.15) is 175 Å². The quantitative estimate of drug-likeness (QED) is 0.0350. The number of hydrogen-bond acceptors (Lipinski definition) is 5. The van der Waals surface area contributed by atoms with Crippen molar-refractivity contribution in [1.29, 1.82) is 5.26 Å². The molecular formula is C33H67NO3SSi. The molecule has 0 fully saturated rings. The van der Waals surface area contributed by atoms with Crippen molar-refractivity contribution in [3.05, 3.63) is 0 Å². The number of unbranched alkanes of at least 4 members (excludes halogenated alkanes) is 19. The fourth-order valence-electron chi connectivity index (χ4n) is 5.79. The van der Waals surface area contributed by atoms with E-state index >= 15 is 0 Å². The van der Waals surface area contributed by atoms with E-state index in [4.69, 9.17) is 13.9 Å². The van der Waals surface area contributed by atoms with Crippen molar-refractivity contribution in [3.63, 3.8) is 0 Å². The van der Waals surface area contributed by atoms with Gasteiger partial charge in [0.1, 0.15) is 5.40 Å². The Hall–Kier alpha value is -0.0631. The van der Waals surface area contributed by atoms with Crippen LogP contribution in [0.2, 0.25) is 0 Å². The Morgan fingerprint density at radius 2 is 0.949 bits per heavy atom. The highest BCUT2D eigenvalue weighted by Gasteiger charge is 2.45. The molecule has 0 aliphatic heterocycles. The smallest absolute Gasteiger partial charge is 0.276 e. The lowest BCUT2D eigenvalue weighted by molar-refractivity contribution is -0.368. The molecule has 0 bridgehead atoms. The Morgan fingerprint density at radius 3 is 1.28 bits per heavy atom. The van der Waals surface area contributed by atoms with Gasteiger partial charge < -0.3 is 13.9 Å². The molecule has 0 saturated heterocycles. The van der Waals surface area contributed by atoms with Crippen LogP contribution >= 0.6 is 11.8 Å². The van der Waals surface area contributed by atoms with Crippen molar-refractivity contribution in [2.75, 3.05) is 13.2 Å². The third-order valence-corrected chi connectivity index (χ3v) is 9.58. The average molecular weight is 586 g/mol. The van der Waals surface area contributed by atoms with Crippen LogP contribution in [0.15, 0.2) is 0 Å². The largest absolute Gasteiger partial charge is 0.380 e. The Morgan fingerprint density at radius 1 is 0.590 bits per heavy atom. The van der Waals surface area contributed by atoms with Gasteiger partial charge in [0.05, 0.1) is 5.92 Å². The molecule has 0 aromatic rings. The molecule has 0 aliphatic rings. The zero-order valence-electron chi connectivity index (χ0n) is 26.9. The van der Waals surface area contributed by atoms with Gasteiger partial charge in [-0.25, -0.2) is 0 Å². The predicted molar refractivity (Wildman–Crippen MR) is 175 cm³/mol. The summed E-state index contributed by atoms with van der Waals surface area (Å²) in [6, 6.07) is 0. The van der Waals surface area contributed by atoms with Gasteiger partial charge in [-0.1, -0.05) is 149 Å². The first-order valence-corrected chi connectivity index (χ1v) is 18.7. The van der Waals surface area contributed by atoms with Crippen molar-refractivity contribution in [2.45, 2.75) is 187 Å². The van der Waals surface area contributed by atoms with Crippen molar-refractivity contribution in [2.24, 2.45) is 5.92 Å². The highest BCUT2D eigenvalue weighted by atomic mass is 32.2. The third kappa shape index (κ3) is 20.5. The van der Waals surface area contributed by atoms with E-state index in [1.54, 1.807) is 0 Å². The molecule has 0 amide bonds. The highest BCUT2D eigenvalue weighted by Crippen LogP contribution is 2.39. The van der Waals surface area contributed by atoms with Crippen LogP contribution in [0.4, 0.5) is 0 Å². The van der Waals surface area contributed by atoms with Gasteiger partial charge in [-0.05, 0) is 38.5 Å². The van der Waals surface area contributed by atoms with Gasteiger partial charge in [0.25, 0.3) is 5.97 Å². The molecule has 0 radical (unpaired) electrons. The maximum Gasteiger partial charge on any atom is 0.276 e. The van der Waals surface area contributed by atoms with E-state index < -0.39 is 5.97 Å². The summed E-state index contributed by atoms with van der Waals surface area (Å²) in [6.45, 7) is 9.69. The molecule has 0 heterocycles. The van der Waals surface area contributed by atoms with Crippen molar-refractivity contribution in [1.82, 2.24) is 0 Å². The topological polar surface area (TPSA) is 51.5 Å². The van der Waals surface area contributed by atoms with Crippen LogP contribution in [0.3, 0.4) is 0 Å². The Bertz CT molecular complexity index is 540. The molecule has 4 nitrogen and oxygen atoms in total. The van der Waals surface area contributed by atoms with Gasteiger partial charge in [0, 0.05) is 18.5 Å². The first-order valence-electron chi connectivity index (χ1n) is 17.0. The molecular weight excluding hydrogens is 519 g/mol. The van der Waals surface area contributed by atoms with E-state index in [9.17, 15) is 5.26 Å². The van der Waals surface area contributed by atoms with Crippen molar-refractivity contribution >= 4 is 22.2 Å². The minimum Gasteiger partial charge on any atom is -0.380 e. The molecule has 0 saturated carbocycles. The SMILES string of the molecule is CCCCCCCCCCCCCCCCC(C(CCCCCCCCC)SC#N)C(O[SiH3])(OCC)OCC. The molecule has 2 unspecified atom stereocenters. The first kappa shape index (κ1) is 38.9. The van der Waals surface area contributed by atoms with Crippen LogP contribution < -0.4 is 0 Å². The number of ether oxygens (including phenoxy) is 2. The molecule has 0 spiro atoms. The molecule has 232 valence electrons. The molecule has 0 N–H and O–H groups in total. The minimum atomic E-state index is -0.998. The van der Waals surface area contributed by atoms with Gasteiger partial charge in [-0.15, -0.1) is 0 Å². The van der Waals surface area contributed by atoms with E-state index in [1.807, 2.05) is 13.8 Å². The van der Waals surface area contributed by atoms with Gasteiger partial charge in [0.2, 0.25) is 0 Å². The second kappa shape index (κ2) is 29.4. The van der Waals surface area contributed by atoms with Crippen LogP contribution in [-0.2, 0) is 13.9 Å². The van der Waals surface area contributed by atoms with Gasteiger partial charge >= 0.3 is 0 Å². The fraction of sp³-hybridized carbons (Fsp3) is 0.970. The molecule has 6 heteroatoms. The molecule has 0 aromatic heterocycles. The summed E-state index contributed by atoms with van der Waals surface area (Å²) in [5, 5.41) is 12.3. The maximum atomic E-state index is 9.68. The third-order valence-electron chi connectivity index (χ3n) is 8.04. The Labute approximate surface area is 252 Å². The van der Waals surface area contributed by atoms with Crippen LogP contribution in [-0.4, -0.2) is 34.9 Å². The van der Waals surface area contributed by atoms with Gasteiger partial charge in [-0.2, -0.15) is 5.26 Å². The van der Waals surface area contributed by atoms with Crippen LogP contribution in [0.5, 0.6) is 0 Å². The standard InChI is InChI=1S/C33H67NO3SSi/c1-5-9-11-13-15-16-17-18-19-20-21-23-24-26-28-31(33(37-39,35-7-3)36-8-4)32(38-30-34)29-27-25-22-14-12-10-6-2/h31-32H,5-29H2,1-4,39H3. The number of thiocyanates is 1. The monoisotopic (exact) mass is 585 g/mol. The number of nitriles is 1. The predicted octanol–water partition coefficient (Wildman–Crippen LogP) is 10.2. The summed E-state index contributed by atoms with van der Waals surface area (Å²) in [7, 11) is 0.548. The van der Waals surface area contributed by atoms with Gasteiger partial charge in [0.15, 0.2) is 10.5 Å². The first-order chi connectivity index (χ1) is 19.2. The van der Waals surface area contributed by atoms with Crippen molar-refractivity contribution < 1.29 is 13.9 Å². The zero-order valence-corrected chi connectivity index (χ0v) is 29.7. The normalized spacial score (nSPS) is 13.5. The van der Waals surface area contributed by atoms with Gasteiger partial charge in [-0.3, -0.25) is 0 Å². The summed E-state index contributed by atoms with van der Waals surface area (Å²) >= 11 is 1.42. The molecule has 0 aliphatic carbocycles. The second-order valence-corrected chi connectivity index (χ2v) is 12.8. The summed E-state index contributed by atoms with van der Waals surface area (Å²) in [6.07, 6.45) is 30.1. The Kier molecular flexibility index (Phi) is 29.4. The summed E-state index contributed by atoms with van der Waals surface area (Å²) in [5.41, 5.74) is 0. The lowest BCUT2D eigenvalue weighted by Crippen LogP contribution is -2.50. The van der Waals surface area contributed by atoms with Crippen LogP contribution in [0, 0.1) is 16.6 Å². The highest BCUT2D eigenvalue weighted by molar-refractivity contribution is 8.04. The van der Waals surface area contributed by atoms with E-state index in [1.165, 1.54) is 134 Å². The van der Waals surface area contributed by atoms with E-state index in [-0.39, 0.29) is 11.2 Å². The van der Waals surface area contributed by atoms with Crippen molar-refractivity contribution in [3.8, 4) is 5.40 Å². The lowest BCUT2D eigenvalue weighted by atomic mass is 9.91.